The Labute approximate surface area is 211 Å². The highest BCUT2D eigenvalue weighted by atomic mass is 19.4. The van der Waals surface area contributed by atoms with Crippen molar-refractivity contribution in [2.24, 2.45) is 4.99 Å². The maximum atomic E-state index is 13.2. The smallest absolute Gasteiger partial charge is 0.328 e. The standard InChI is InChI=1S/C28H35F3N4O/c1-27-14-13-20(19-34-15-6-3-7-16-34)17-24(27)32-26(35(27)23-11-4-2-5-12-23)33-25(36)21-9-8-10-22(18-21)28(29,30)31/h8-10,13,17-18,23H,2-7,11-12,14-16,19H2,1H3,(H,32,33,36). The second-order valence-electron chi connectivity index (χ2n) is 10.8. The summed E-state index contributed by atoms with van der Waals surface area (Å²) in [5.74, 6) is -0.101. The molecule has 5 nitrogen and oxygen atoms in total. The molecule has 2 aliphatic carbocycles. The number of likely N-dealkylation sites (tertiary alicyclic amines) is 1. The number of rotatable bonds is 4. The van der Waals surface area contributed by atoms with E-state index in [1.807, 2.05) is 0 Å². The van der Waals surface area contributed by atoms with E-state index in [0.717, 1.165) is 69.6 Å². The lowest BCUT2D eigenvalue weighted by Gasteiger charge is -2.45. The lowest BCUT2D eigenvalue weighted by molar-refractivity contribution is -0.137. The van der Waals surface area contributed by atoms with Gasteiger partial charge in [0.1, 0.15) is 0 Å². The van der Waals surface area contributed by atoms with Crippen molar-refractivity contribution in [3.05, 3.63) is 58.8 Å². The molecule has 1 saturated carbocycles. The van der Waals surface area contributed by atoms with Crippen LogP contribution in [0.1, 0.15) is 80.6 Å². The molecule has 0 radical (unpaired) electrons. The molecule has 1 N–H and O–H groups in total. The summed E-state index contributed by atoms with van der Waals surface area (Å²) >= 11 is 0. The minimum atomic E-state index is -4.50. The van der Waals surface area contributed by atoms with Crippen molar-refractivity contribution in [3.63, 3.8) is 0 Å². The van der Waals surface area contributed by atoms with Gasteiger partial charge in [-0.3, -0.25) is 15.0 Å². The molecule has 1 saturated heterocycles. The van der Waals surface area contributed by atoms with E-state index in [1.165, 1.54) is 43.4 Å². The Balaban J connectivity index is 1.41. The number of guanidine groups is 1. The zero-order chi connectivity index (χ0) is 25.3. The largest absolute Gasteiger partial charge is 0.416 e. The van der Waals surface area contributed by atoms with Crippen LogP contribution in [0, 0.1) is 0 Å². The number of nitrogens with one attached hydrogen (secondary N) is 1. The molecule has 1 amide bonds. The van der Waals surface area contributed by atoms with Crippen LogP contribution in [0.3, 0.4) is 0 Å². The van der Waals surface area contributed by atoms with Gasteiger partial charge in [-0.1, -0.05) is 37.8 Å². The second kappa shape index (κ2) is 10.0. The van der Waals surface area contributed by atoms with Crippen LogP contribution in [-0.4, -0.2) is 52.9 Å². The molecule has 2 fully saturated rings. The Morgan fingerprint density at radius 2 is 1.83 bits per heavy atom. The number of aliphatic imine (C=N–C) groups is 1. The summed E-state index contributed by atoms with van der Waals surface area (Å²) in [4.78, 5) is 22.8. The SMILES string of the molecule is CC12CC=C(CN3CCCCC3)C=C1N=C(NC(=O)c1cccc(C(F)(F)F)c1)N2C1CCCCC1. The van der Waals surface area contributed by atoms with Crippen LogP contribution in [0.4, 0.5) is 13.2 Å². The minimum absolute atomic E-state index is 0.0194. The lowest BCUT2D eigenvalue weighted by Crippen LogP contribution is -2.56. The highest BCUT2D eigenvalue weighted by molar-refractivity contribution is 6.07. The van der Waals surface area contributed by atoms with Crippen molar-refractivity contribution in [1.29, 1.82) is 0 Å². The molecule has 2 heterocycles. The summed E-state index contributed by atoms with van der Waals surface area (Å²) in [6.07, 6.45) is 10.0. The molecule has 0 aromatic heterocycles. The number of benzene rings is 1. The summed E-state index contributed by atoms with van der Waals surface area (Å²) in [7, 11) is 0. The van der Waals surface area contributed by atoms with Gasteiger partial charge in [-0.05, 0) is 82.0 Å². The fraction of sp³-hybridized carbons (Fsp3) is 0.571. The van der Waals surface area contributed by atoms with Crippen LogP contribution in [-0.2, 0) is 6.18 Å². The van der Waals surface area contributed by atoms with E-state index in [9.17, 15) is 18.0 Å². The van der Waals surface area contributed by atoms with Crippen molar-refractivity contribution >= 4 is 11.9 Å². The van der Waals surface area contributed by atoms with Gasteiger partial charge in [0.15, 0.2) is 0 Å². The van der Waals surface area contributed by atoms with E-state index in [1.54, 1.807) is 0 Å². The zero-order valence-corrected chi connectivity index (χ0v) is 20.9. The summed E-state index contributed by atoms with van der Waals surface area (Å²) < 4.78 is 39.7. The van der Waals surface area contributed by atoms with Gasteiger partial charge in [0.05, 0.1) is 16.8 Å². The zero-order valence-electron chi connectivity index (χ0n) is 20.9. The van der Waals surface area contributed by atoms with Crippen LogP contribution in [0.25, 0.3) is 0 Å². The Hall–Kier alpha value is -2.61. The minimum Gasteiger partial charge on any atom is -0.328 e. The van der Waals surface area contributed by atoms with Gasteiger partial charge >= 0.3 is 6.18 Å². The first-order valence-corrected chi connectivity index (χ1v) is 13.2. The third-order valence-electron chi connectivity index (χ3n) is 8.09. The van der Waals surface area contributed by atoms with E-state index in [2.05, 4.69) is 34.2 Å². The molecule has 1 atom stereocenters. The molecule has 1 unspecified atom stereocenters. The molecule has 0 spiro atoms. The number of amides is 1. The van der Waals surface area contributed by atoms with Gasteiger partial charge in [-0.25, -0.2) is 4.99 Å². The number of nitrogens with zero attached hydrogens (tertiary/aromatic N) is 3. The summed E-state index contributed by atoms with van der Waals surface area (Å²) in [5, 5.41) is 2.89. The van der Waals surface area contributed by atoms with E-state index in [4.69, 9.17) is 4.99 Å². The molecular weight excluding hydrogens is 465 g/mol. The fourth-order valence-electron chi connectivity index (χ4n) is 6.10. The number of alkyl halides is 3. The van der Waals surface area contributed by atoms with Gasteiger partial charge < -0.3 is 4.90 Å². The highest BCUT2D eigenvalue weighted by Gasteiger charge is 2.47. The van der Waals surface area contributed by atoms with E-state index >= 15 is 0 Å². The van der Waals surface area contributed by atoms with Crippen molar-refractivity contribution in [1.82, 2.24) is 15.1 Å². The van der Waals surface area contributed by atoms with Crippen LogP contribution >= 0.6 is 0 Å². The third-order valence-corrected chi connectivity index (χ3v) is 8.09. The maximum Gasteiger partial charge on any atom is 0.416 e. The summed E-state index contributed by atoms with van der Waals surface area (Å²) in [6, 6.07) is 4.81. The lowest BCUT2D eigenvalue weighted by atomic mass is 9.83. The molecule has 194 valence electrons. The average molecular weight is 501 g/mol. The first-order chi connectivity index (χ1) is 17.2. The van der Waals surface area contributed by atoms with Crippen molar-refractivity contribution in [3.8, 4) is 0 Å². The van der Waals surface area contributed by atoms with Crippen LogP contribution in [0.15, 0.2) is 52.7 Å². The van der Waals surface area contributed by atoms with Crippen LogP contribution in [0.2, 0.25) is 0 Å². The molecule has 8 heteroatoms. The predicted octanol–water partition coefficient (Wildman–Crippen LogP) is 5.90. The molecule has 2 aliphatic heterocycles. The number of hydrogen-bond acceptors (Lipinski definition) is 4. The normalized spacial score (nSPS) is 25.7. The molecule has 4 aliphatic rings. The van der Waals surface area contributed by atoms with Gasteiger partial charge in [0.2, 0.25) is 5.96 Å². The average Bonchev–Trinajstić information content (AvgIpc) is 3.15. The van der Waals surface area contributed by atoms with Crippen molar-refractivity contribution < 1.29 is 18.0 Å². The van der Waals surface area contributed by atoms with Gasteiger partial charge in [0.25, 0.3) is 5.91 Å². The quantitative estimate of drug-likeness (QED) is 0.560. The fourth-order valence-corrected chi connectivity index (χ4v) is 6.10. The summed E-state index contributed by atoms with van der Waals surface area (Å²) in [5.41, 5.74) is 0.963. The van der Waals surface area contributed by atoms with E-state index in [-0.39, 0.29) is 17.1 Å². The van der Waals surface area contributed by atoms with Gasteiger partial charge in [-0.2, -0.15) is 13.2 Å². The van der Waals surface area contributed by atoms with Crippen molar-refractivity contribution in [2.75, 3.05) is 19.6 Å². The first-order valence-electron chi connectivity index (χ1n) is 13.2. The second-order valence-corrected chi connectivity index (χ2v) is 10.8. The molecule has 36 heavy (non-hydrogen) atoms. The van der Waals surface area contributed by atoms with Crippen LogP contribution < -0.4 is 5.32 Å². The van der Waals surface area contributed by atoms with Crippen LogP contribution in [0.5, 0.6) is 0 Å². The topological polar surface area (TPSA) is 47.9 Å². The monoisotopic (exact) mass is 500 g/mol. The Morgan fingerprint density at radius 1 is 1.11 bits per heavy atom. The number of piperidine rings is 1. The molecule has 1 aromatic carbocycles. The summed E-state index contributed by atoms with van der Waals surface area (Å²) in [6.45, 7) is 5.32. The molecular formula is C28H35F3N4O. The molecule has 5 rings (SSSR count). The number of halogens is 3. The number of carbonyl (C=O) groups excluding carboxylic acids is 1. The van der Waals surface area contributed by atoms with Gasteiger partial charge in [0, 0.05) is 18.2 Å². The van der Waals surface area contributed by atoms with E-state index in [0.29, 0.717) is 5.96 Å². The van der Waals surface area contributed by atoms with Crippen molar-refractivity contribution in [2.45, 2.75) is 82.5 Å². The maximum absolute atomic E-state index is 13.2. The number of fused-ring (bicyclic) bond motifs is 1. The molecule has 1 aromatic rings. The number of carbonyl (C=O) groups is 1. The van der Waals surface area contributed by atoms with E-state index < -0.39 is 17.6 Å². The Bertz CT molecular complexity index is 1080. The Morgan fingerprint density at radius 3 is 2.56 bits per heavy atom. The Kier molecular flexibility index (Phi) is 6.99. The number of hydrogen-bond donors (Lipinski definition) is 1. The van der Waals surface area contributed by atoms with Gasteiger partial charge in [-0.15, -0.1) is 0 Å². The highest BCUT2D eigenvalue weighted by Crippen LogP contribution is 2.43. The predicted molar refractivity (Wildman–Crippen MR) is 135 cm³/mol. The molecule has 0 bridgehead atoms. The first kappa shape index (κ1) is 25.1. The third kappa shape index (κ3) is 5.10.